The van der Waals surface area contributed by atoms with Gasteiger partial charge in [0.25, 0.3) is 11.7 Å². The molecule has 2 heterocycles. The van der Waals surface area contributed by atoms with Gasteiger partial charge in [-0.3, -0.25) is 19.5 Å². The van der Waals surface area contributed by atoms with Crippen molar-refractivity contribution in [2.75, 3.05) is 11.5 Å². The van der Waals surface area contributed by atoms with E-state index < -0.39 is 17.7 Å². The highest BCUT2D eigenvalue weighted by Gasteiger charge is 2.47. The zero-order valence-electron chi connectivity index (χ0n) is 16.7. The second-order valence-corrected chi connectivity index (χ2v) is 7.33. The number of carbonyl (C=O) groups is 2. The number of hydrogen-bond donors (Lipinski definition) is 1. The number of aliphatic hydroxyl groups excluding tert-OH is 1. The van der Waals surface area contributed by atoms with Gasteiger partial charge < -0.3 is 9.84 Å². The molecule has 0 spiro atoms. The fourth-order valence-electron chi connectivity index (χ4n) is 3.59. The molecule has 0 bridgehead atoms. The number of rotatable bonds is 5. The van der Waals surface area contributed by atoms with Crippen molar-refractivity contribution in [2.24, 2.45) is 0 Å². The average molecular weight is 435 g/mol. The van der Waals surface area contributed by atoms with Gasteiger partial charge in [-0.2, -0.15) is 0 Å². The van der Waals surface area contributed by atoms with Crippen molar-refractivity contribution >= 4 is 34.7 Å². The highest BCUT2D eigenvalue weighted by atomic mass is 35.5. The SMILES string of the molecule is CCOc1ccc([C@@H]2C(=C(O)c3ccc(Cl)cc3)C(=O)C(=O)N2c2cccnc2)cc1. The summed E-state index contributed by atoms with van der Waals surface area (Å²) in [6.45, 7) is 2.40. The number of aliphatic hydroxyl groups is 1. The first-order chi connectivity index (χ1) is 15.0. The monoisotopic (exact) mass is 434 g/mol. The molecule has 1 atom stereocenters. The van der Waals surface area contributed by atoms with E-state index in [1.54, 1.807) is 66.9 Å². The van der Waals surface area contributed by atoms with Crippen LogP contribution in [0.3, 0.4) is 0 Å². The van der Waals surface area contributed by atoms with Crippen LogP contribution in [0, 0.1) is 0 Å². The maximum atomic E-state index is 13.0. The number of ketones is 1. The summed E-state index contributed by atoms with van der Waals surface area (Å²) in [5.41, 5.74) is 1.51. The first-order valence-electron chi connectivity index (χ1n) is 9.71. The van der Waals surface area contributed by atoms with Gasteiger partial charge in [-0.25, -0.2) is 0 Å². The zero-order chi connectivity index (χ0) is 22.0. The van der Waals surface area contributed by atoms with E-state index >= 15 is 0 Å². The number of carbonyl (C=O) groups excluding carboxylic acids is 2. The Bertz CT molecular complexity index is 1140. The Kier molecular flexibility index (Phi) is 5.73. The normalized spacial score (nSPS) is 17.7. The van der Waals surface area contributed by atoms with Crippen LogP contribution in [0.2, 0.25) is 5.02 Å². The molecule has 0 radical (unpaired) electrons. The van der Waals surface area contributed by atoms with E-state index in [-0.39, 0.29) is 11.3 Å². The number of pyridine rings is 1. The third kappa shape index (κ3) is 3.90. The van der Waals surface area contributed by atoms with Gasteiger partial charge >= 0.3 is 0 Å². The maximum Gasteiger partial charge on any atom is 0.300 e. The first kappa shape index (κ1) is 20.6. The summed E-state index contributed by atoms with van der Waals surface area (Å²) in [5, 5.41) is 11.5. The van der Waals surface area contributed by atoms with Gasteiger partial charge in [-0.1, -0.05) is 23.7 Å². The lowest BCUT2D eigenvalue weighted by molar-refractivity contribution is -0.132. The number of anilines is 1. The summed E-state index contributed by atoms with van der Waals surface area (Å²) in [5.74, 6) is -1.10. The topological polar surface area (TPSA) is 79.7 Å². The van der Waals surface area contributed by atoms with E-state index in [2.05, 4.69) is 4.98 Å². The molecular weight excluding hydrogens is 416 g/mol. The smallest absolute Gasteiger partial charge is 0.300 e. The van der Waals surface area contributed by atoms with E-state index in [0.29, 0.717) is 34.2 Å². The van der Waals surface area contributed by atoms with Crippen LogP contribution in [0.25, 0.3) is 5.76 Å². The Balaban J connectivity index is 1.89. The molecule has 0 unspecified atom stereocenters. The van der Waals surface area contributed by atoms with Gasteiger partial charge in [0.15, 0.2) is 0 Å². The summed E-state index contributed by atoms with van der Waals surface area (Å²) in [6.07, 6.45) is 3.09. The first-order valence-corrected chi connectivity index (χ1v) is 10.1. The number of benzene rings is 2. The summed E-state index contributed by atoms with van der Waals surface area (Å²) >= 11 is 5.95. The Labute approximate surface area is 184 Å². The summed E-state index contributed by atoms with van der Waals surface area (Å²) in [7, 11) is 0. The fraction of sp³-hybridized carbons (Fsp3) is 0.125. The molecule has 4 rings (SSSR count). The highest BCUT2D eigenvalue weighted by molar-refractivity contribution is 6.51. The summed E-state index contributed by atoms with van der Waals surface area (Å²) in [4.78, 5) is 31.5. The second kappa shape index (κ2) is 8.62. The van der Waals surface area contributed by atoms with Crippen LogP contribution in [0.5, 0.6) is 5.75 Å². The number of halogens is 1. The zero-order valence-corrected chi connectivity index (χ0v) is 17.4. The molecule has 2 aromatic carbocycles. The molecule has 1 aromatic heterocycles. The third-order valence-electron chi connectivity index (χ3n) is 4.99. The van der Waals surface area contributed by atoms with Crippen molar-refractivity contribution in [3.63, 3.8) is 0 Å². The van der Waals surface area contributed by atoms with Crippen molar-refractivity contribution < 1.29 is 19.4 Å². The maximum absolute atomic E-state index is 13.0. The lowest BCUT2D eigenvalue weighted by Crippen LogP contribution is -2.29. The van der Waals surface area contributed by atoms with E-state index in [9.17, 15) is 14.7 Å². The molecule has 1 N–H and O–H groups in total. The number of nitrogens with zero attached hydrogens (tertiary/aromatic N) is 2. The van der Waals surface area contributed by atoms with Crippen LogP contribution in [0.4, 0.5) is 5.69 Å². The van der Waals surface area contributed by atoms with E-state index in [4.69, 9.17) is 16.3 Å². The van der Waals surface area contributed by atoms with Crippen LogP contribution in [0.15, 0.2) is 78.6 Å². The predicted octanol–water partition coefficient (Wildman–Crippen LogP) is 4.76. The molecule has 1 aliphatic rings. The fourth-order valence-corrected chi connectivity index (χ4v) is 3.71. The van der Waals surface area contributed by atoms with Gasteiger partial charge in [0.2, 0.25) is 0 Å². The number of amides is 1. The largest absolute Gasteiger partial charge is 0.507 e. The lowest BCUT2D eigenvalue weighted by atomic mass is 9.95. The van der Waals surface area contributed by atoms with Crippen LogP contribution < -0.4 is 9.64 Å². The van der Waals surface area contributed by atoms with Gasteiger partial charge in [-0.15, -0.1) is 0 Å². The molecule has 1 aliphatic heterocycles. The Morgan fingerprint density at radius 3 is 2.42 bits per heavy atom. The minimum absolute atomic E-state index is 0.000311. The quantitative estimate of drug-likeness (QED) is 0.356. The molecule has 1 amide bonds. The number of aromatic nitrogens is 1. The van der Waals surface area contributed by atoms with Crippen LogP contribution in [-0.2, 0) is 9.59 Å². The standard InChI is InChI=1S/C24H19ClN2O4/c1-2-31-19-11-7-15(8-12-19)21-20(22(28)16-5-9-17(25)10-6-16)23(29)24(30)27(21)18-4-3-13-26-14-18/h3-14,21,28H,2H2,1H3/t21-/m1/s1. The molecule has 0 saturated carbocycles. The predicted molar refractivity (Wildman–Crippen MR) is 118 cm³/mol. The van der Waals surface area contributed by atoms with Crippen molar-refractivity contribution in [2.45, 2.75) is 13.0 Å². The molecule has 3 aromatic rings. The average Bonchev–Trinajstić information content (AvgIpc) is 3.06. The van der Waals surface area contributed by atoms with Gasteiger partial charge in [0.05, 0.1) is 30.1 Å². The molecule has 1 saturated heterocycles. The molecule has 7 heteroatoms. The van der Waals surface area contributed by atoms with Gasteiger partial charge in [0.1, 0.15) is 11.5 Å². The lowest BCUT2D eigenvalue weighted by Gasteiger charge is -2.25. The van der Waals surface area contributed by atoms with Crippen LogP contribution >= 0.6 is 11.6 Å². The minimum Gasteiger partial charge on any atom is -0.507 e. The molecule has 156 valence electrons. The van der Waals surface area contributed by atoms with Gasteiger partial charge in [-0.05, 0) is 61.0 Å². The van der Waals surface area contributed by atoms with Gasteiger partial charge in [0, 0.05) is 16.8 Å². The van der Waals surface area contributed by atoms with Crippen molar-refractivity contribution in [3.05, 3.63) is 94.8 Å². The molecule has 6 nitrogen and oxygen atoms in total. The molecule has 31 heavy (non-hydrogen) atoms. The molecule has 0 aliphatic carbocycles. The number of Topliss-reactive ketones (excluding diaryl/α,β-unsaturated/α-hetero) is 1. The molecule has 1 fully saturated rings. The van der Waals surface area contributed by atoms with Crippen LogP contribution in [-0.4, -0.2) is 28.4 Å². The van der Waals surface area contributed by atoms with Crippen molar-refractivity contribution in [3.8, 4) is 5.75 Å². The highest BCUT2D eigenvalue weighted by Crippen LogP contribution is 2.42. The van der Waals surface area contributed by atoms with Crippen molar-refractivity contribution in [1.82, 2.24) is 4.98 Å². The number of ether oxygens (including phenoxy) is 1. The van der Waals surface area contributed by atoms with Crippen molar-refractivity contribution in [1.29, 1.82) is 0 Å². The summed E-state index contributed by atoms with van der Waals surface area (Å²) < 4.78 is 5.50. The van der Waals surface area contributed by atoms with E-state index in [1.165, 1.54) is 11.1 Å². The second-order valence-electron chi connectivity index (χ2n) is 6.89. The van der Waals surface area contributed by atoms with Crippen LogP contribution in [0.1, 0.15) is 24.1 Å². The number of hydrogen-bond acceptors (Lipinski definition) is 5. The Morgan fingerprint density at radius 2 is 1.81 bits per heavy atom. The van der Waals surface area contributed by atoms with E-state index in [1.807, 2.05) is 6.92 Å². The summed E-state index contributed by atoms with van der Waals surface area (Å²) in [6, 6.07) is 16.1. The molecular formula is C24H19ClN2O4. The third-order valence-corrected chi connectivity index (χ3v) is 5.24. The van der Waals surface area contributed by atoms with E-state index in [0.717, 1.165) is 0 Å². The Morgan fingerprint density at radius 1 is 1.10 bits per heavy atom. The minimum atomic E-state index is -0.824. The Hall–Kier alpha value is -3.64.